The zero-order valence-corrected chi connectivity index (χ0v) is 19.8. The first-order valence-corrected chi connectivity index (χ1v) is 12.9. The quantitative estimate of drug-likeness (QED) is 0.407. The van der Waals surface area contributed by atoms with Crippen LogP contribution >= 0.6 is 23.2 Å². The molecule has 0 spiro atoms. The molecule has 0 aromatic heterocycles. The number of carbonyl (C=O) groups is 1. The molecule has 9 nitrogen and oxygen atoms in total. The molecule has 0 aliphatic heterocycles. The van der Waals surface area contributed by atoms with E-state index in [9.17, 15) is 21.6 Å². The molecule has 0 radical (unpaired) electrons. The molecule has 0 atom stereocenters. The highest BCUT2D eigenvalue weighted by Gasteiger charge is 2.15. The van der Waals surface area contributed by atoms with Crippen molar-refractivity contribution < 1.29 is 26.4 Å². The summed E-state index contributed by atoms with van der Waals surface area (Å²) in [7, 11) is -7.73. The molecule has 174 valence electrons. The van der Waals surface area contributed by atoms with Gasteiger partial charge in [0.1, 0.15) is 5.75 Å². The molecule has 0 saturated heterocycles. The molecule has 0 aliphatic rings. The van der Waals surface area contributed by atoms with Crippen molar-refractivity contribution in [2.45, 2.75) is 9.79 Å². The van der Waals surface area contributed by atoms with E-state index < -0.39 is 26.0 Å². The molecular weight excluding hydrogens is 513 g/mol. The number of primary sulfonamides is 1. The zero-order chi connectivity index (χ0) is 24.2. The van der Waals surface area contributed by atoms with Gasteiger partial charge in [-0.15, -0.1) is 0 Å². The molecule has 3 aromatic carbocycles. The highest BCUT2D eigenvalue weighted by molar-refractivity contribution is 7.92. The van der Waals surface area contributed by atoms with Crippen LogP contribution in [0.1, 0.15) is 0 Å². The lowest BCUT2D eigenvalue weighted by molar-refractivity contribution is -0.118. The van der Waals surface area contributed by atoms with Gasteiger partial charge in [0.15, 0.2) is 6.61 Å². The maximum atomic E-state index is 12.5. The van der Waals surface area contributed by atoms with E-state index in [1.807, 2.05) is 0 Å². The zero-order valence-electron chi connectivity index (χ0n) is 16.7. The third-order valence-corrected chi connectivity index (χ3v) is 6.85. The molecule has 33 heavy (non-hydrogen) atoms. The number of sulfonamides is 2. The SMILES string of the molecule is NS(=O)(=O)c1ccc(NC(=O)COc2ccc(S(=O)(=O)Nc3cc(Cl)cc(Cl)c3)cc2)cc1. The van der Waals surface area contributed by atoms with Gasteiger partial charge >= 0.3 is 0 Å². The van der Waals surface area contributed by atoms with Gasteiger partial charge in [-0.05, 0) is 66.7 Å². The van der Waals surface area contributed by atoms with Gasteiger partial charge in [0.2, 0.25) is 10.0 Å². The predicted octanol–water partition coefficient (Wildman–Crippen LogP) is 3.46. The van der Waals surface area contributed by atoms with Gasteiger partial charge in [-0.3, -0.25) is 9.52 Å². The van der Waals surface area contributed by atoms with Crippen molar-refractivity contribution in [2.24, 2.45) is 5.14 Å². The fourth-order valence-electron chi connectivity index (χ4n) is 2.62. The minimum Gasteiger partial charge on any atom is -0.484 e. The van der Waals surface area contributed by atoms with Crippen molar-refractivity contribution in [2.75, 3.05) is 16.6 Å². The highest BCUT2D eigenvalue weighted by atomic mass is 35.5. The maximum absolute atomic E-state index is 12.5. The van der Waals surface area contributed by atoms with Crippen LogP contribution in [0.4, 0.5) is 11.4 Å². The highest BCUT2D eigenvalue weighted by Crippen LogP contribution is 2.25. The molecule has 0 unspecified atom stereocenters. The summed E-state index contributed by atoms with van der Waals surface area (Å²) in [5.74, 6) is -0.242. The van der Waals surface area contributed by atoms with Gasteiger partial charge in [-0.25, -0.2) is 22.0 Å². The fourth-order valence-corrected chi connectivity index (χ4v) is 4.70. The van der Waals surface area contributed by atoms with Gasteiger partial charge in [0.05, 0.1) is 15.5 Å². The number of nitrogens with two attached hydrogens (primary N) is 1. The Morgan fingerprint density at radius 2 is 1.36 bits per heavy atom. The summed E-state index contributed by atoms with van der Waals surface area (Å²) in [4.78, 5) is 11.9. The lowest BCUT2D eigenvalue weighted by Crippen LogP contribution is -2.20. The molecule has 13 heteroatoms. The summed E-state index contributed by atoms with van der Waals surface area (Å²) in [5, 5.41) is 8.12. The Labute approximate surface area is 200 Å². The monoisotopic (exact) mass is 529 g/mol. The molecule has 0 saturated carbocycles. The van der Waals surface area contributed by atoms with Crippen LogP contribution in [-0.2, 0) is 24.8 Å². The summed E-state index contributed by atoms with van der Waals surface area (Å²) in [6, 6.07) is 15.0. The number of ether oxygens (including phenoxy) is 1. The maximum Gasteiger partial charge on any atom is 0.262 e. The van der Waals surface area contributed by atoms with Crippen LogP contribution < -0.4 is 19.9 Å². The van der Waals surface area contributed by atoms with Crippen LogP contribution in [0, 0.1) is 0 Å². The Morgan fingerprint density at radius 1 is 0.818 bits per heavy atom. The van der Waals surface area contributed by atoms with E-state index in [2.05, 4.69) is 10.0 Å². The second kappa shape index (κ2) is 9.98. The normalized spacial score (nSPS) is 11.6. The molecule has 3 aromatic rings. The number of rotatable bonds is 8. The number of benzene rings is 3. The van der Waals surface area contributed by atoms with Gasteiger partial charge in [-0.2, -0.15) is 0 Å². The topological polar surface area (TPSA) is 145 Å². The molecule has 3 rings (SSSR count). The third kappa shape index (κ3) is 7.07. The fraction of sp³-hybridized carbons (Fsp3) is 0.0500. The van der Waals surface area contributed by atoms with E-state index in [1.54, 1.807) is 0 Å². The van der Waals surface area contributed by atoms with Crippen LogP contribution in [0.25, 0.3) is 0 Å². The minimum absolute atomic E-state index is 0.0367. The van der Waals surface area contributed by atoms with Crippen molar-refractivity contribution in [3.8, 4) is 5.75 Å². The van der Waals surface area contributed by atoms with Crippen LogP contribution in [0.15, 0.2) is 76.5 Å². The number of halogens is 2. The third-order valence-electron chi connectivity index (χ3n) is 4.09. The summed E-state index contributed by atoms with van der Waals surface area (Å²) < 4.78 is 55.3. The molecule has 0 fully saturated rings. The smallest absolute Gasteiger partial charge is 0.262 e. The number of nitrogens with one attached hydrogen (secondary N) is 2. The first kappa shape index (κ1) is 24.8. The summed E-state index contributed by atoms with van der Waals surface area (Å²) >= 11 is 11.8. The molecule has 0 bridgehead atoms. The van der Waals surface area contributed by atoms with E-state index in [0.29, 0.717) is 5.69 Å². The number of anilines is 2. The Balaban J connectivity index is 1.58. The predicted molar refractivity (Wildman–Crippen MR) is 126 cm³/mol. The second-order valence-corrected chi connectivity index (χ2v) is 10.8. The second-order valence-electron chi connectivity index (χ2n) is 6.64. The number of hydrogen-bond acceptors (Lipinski definition) is 6. The van der Waals surface area contributed by atoms with Gasteiger partial charge in [-0.1, -0.05) is 23.2 Å². The molecule has 0 aliphatic carbocycles. The van der Waals surface area contributed by atoms with E-state index in [0.717, 1.165) is 0 Å². The Hall–Kier alpha value is -2.83. The number of amides is 1. The first-order valence-electron chi connectivity index (χ1n) is 9.07. The van der Waals surface area contributed by atoms with Gasteiger partial charge in [0, 0.05) is 15.7 Å². The summed E-state index contributed by atoms with van der Waals surface area (Å²) in [5.41, 5.74) is 0.561. The average Bonchev–Trinajstić information content (AvgIpc) is 2.71. The van der Waals surface area contributed by atoms with Crippen molar-refractivity contribution >= 4 is 60.5 Å². The van der Waals surface area contributed by atoms with Crippen LogP contribution in [0.2, 0.25) is 10.0 Å². The van der Waals surface area contributed by atoms with Crippen LogP contribution in [-0.4, -0.2) is 29.3 Å². The molecule has 4 N–H and O–H groups in total. The minimum atomic E-state index is -3.90. The van der Waals surface area contributed by atoms with Crippen molar-refractivity contribution in [3.05, 3.63) is 76.8 Å². The Morgan fingerprint density at radius 3 is 1.91 bits per heavy atom. The van der Waals surface area contributed by atoms with Gasteiger partial charge < -0.3 is 10.1 Å². The Bertz CT molecular complexity index is 1360. The van der Waals surface area contributed by atoms with Crippen molar-refractivity contribution in [1.29, 1.82) is 0 Å². The lowest BCUT2D eigenvalue weighted by Gasteiger charge is -2.11. The number of hydrogen-bond donors (Lipinski definition) is 3. The van der Waals surface area contributed by atoms with E-state index in [1.165, 1.54) is 66.7 Å². The van der Waals surface area contributed by atoms with Crippen LogP contribution in [0.5, 0.6) is 5.75 Å². The van der Waals surface area contributed by atoms with E-state index in [4.69, 9.17) is 33.1 Å². The summed E-state index contributed by atoms with van der Waals surface area (Å²) in [6.45, 7) is -0.359. The summed E-state index contributed by atoms with van der Waals surface area (Å²) in [6.07, 6.45) is 0. The molecule has 0 heterocycles. The standard InChI is InChI=1S/C20H17Cl2N3O6S2/c21-13-9-14(22)11-16(10-13)25-33(29,30)19-7-3-17(4-8-19)31-12-20(26)24-15-1-5-18(6-2-15)32(23,27)28/h1-11,25H,12H2,(H,24,26)(H2,23,27,28). The van der Waals surface area contributed by atoms with Crippen molar-refractivity contribution in [3.63, 3.8) is 0 Å². The first-order chi connectivity index (χ1) is 15.4. The lowest BCUT2D eigenvalue weighted by atomic mass is 10.3. The largest absolute Gasteiger partial charge is 0.484 e. The van der Waals surface area contributed by atoms with Crippen LogP contribution in [0.3, 0.4) is 0 Å². The van der Waals surface area contributed by atoms with E-state index >= 15 is 0 Å². The van der Waals surface area contributed by atoms with E-state index in [-0.39, 0.29) is 37.9 Å². The molecule has 1 amide bonds. The average molecular weight is 530 g/mol. The van der Waals surface area contributed by atoms with Gasteiger partial charge in [0.25, 0.3) is 15.9 Å². The molecular formula is C20H17Cl2N3O6S2. The Kier molecular flexibility index (Phi) is 7.50. The van der Waals surface area contributed by atoms with Crippen molar-refractivity contribution in [1.82, 2.24) is 0 Å². The number of carbonyl (C=O) groups excluding carboxylic acids is 1.